The molecular weight excluding hydrogens is 377 g/mol. The van der Waals surface area contributed by atoms with Crippen LogP contribution in [0.4, 0.5) is 0 Å². The van der Waals surface area contributed by atoms with E-state index in [0.29, 0.717) is 11.3 Å². The number of rotatable bonds is 6. The Labute approximate surface area is 150 Å². The molecule has 6 nitrogen and oxygen atoms in total. The third kappa shape index (κ3) is 4.30. The number of esters is 1. The summed E-state index contributed by atoms with van der Waals surface area (Å²) in [6.45, 7) is 1.65. The Morgan fingerprint density at radius 1 is 1.25 bits per heavy atom. The number of hydrogen-bond donors (Lipinski definition) is 0. The number of ether oxygens (including phenoxy) is 1. The molecule has 0 radical (unpaired) electrons. The van der Waals surface area contributed by atoms with Crippen molar-refractivity contribution in [3.05, 3.63) is 51.8 Å². The molecule has 0 bridgehead atoms. The van der Waals surface area contributed by atoms with Gasteiger partial charge in [-0.2, -0.15) is 8.42 Å². The van der Waals surface area contributed by atoms with Gasteiger partial charge in [-0.3, -0.25) is 4.18 Å². The zero-order valence-corrected chi connectivity index (χ0v) is 15.3. The fourth-order valence-electron chi connectivity index (χ4n) is 2.03. The Balaban J connectivity index is 2.46. The van der Waals surface area contributed by atoms with Crippen molar-refractivity contribution in [1.82, 2.24) is 4.57 Å². The van der Waals surface area contributed by atoms with Crippen LogP contribution in [0, 0.1) is 0 Å². The fraction of sp³-hybridized carbons (Fsp3) is 0.267. The van der Waals surface area contributed by atoms with Gasteiger partial charge in [0.25, 0.3) is 10.1 Å². The third-order valence-electron chi connectivity index (χ3n) is 3.08. The average Bonchev–Trinajstić information content (AvgIpc) is 2.95. The van der Waals surface area contributed by atoms with E-state index in [1.807, 2.05) is 0 Å². The first kappa shape index (κ1) is 18.8. The smallest absolute Gasteiger partial charge is 0.355 e. The SMILES string of the molecule is CCOC(=O)c1cccn1-c1ccc(Cl)c(COS(C)(=O)=O)c1Cl. The Morgan fingerprint density at radius 2 is 1.96 bits per heavy atom. The molecule has 0 saturated carbocycles. The Kier molecular flexibility index (Phi) is 5.92. The average molecular weight is 392 g/mol. The van der Waals surface area contributed by atoms with Gasteiger partial charge >= 0.3 is 5.97 Å². The van der Waals surface area contributed by atoms with E-state index < -0.39 is 16.1 Å². The lowest BCUT2D eigenvalue weighted by molar-refractivity contribution is 0.0517. The maximum Gasteiger partial charge on any atom is 0.355 e. The van der Waals surface area contributed by atoms with E-state index in [1.54, 1.807) is 42.0 Å². The van der Waals surface area contributed by atoms with Crippen molar-refractivity contribution in [2.45, 2.75) is 13.5 Å². The number of carbonyl (C=O) groups excluding carboxylic acids is 1. The first-order valence-corrected chi connectivity index (χ1v) is 9.48. The topological polar surface area (TPSA) is 74.6 Å². The van der Waals surface area contributed by atoms with Gasteiger partial charge in [0.15, 0.2) is 0 Å². The molecule has 130 valence electrons. The van der Waals surface area contributed by atoms with Crippen molar-refractivity contribution >= 4 is 39.3 Å². The highest BCUT2D eigenvalue weighted by Crippen LogP contribution is 2.32. The molecule has 0 N–H and O–H groups in total. The second-order valence-corrected chi connectivity index (χ2v) is 7.24. The second kappa shape index (κ2) is 7.57. The van der Waals surface area contributed by atoms with E-state index >= 15 is 0 Å². The van der Waals surface area contributed by atoms with Crippen molar-refractivity contribution in [3.8, 4) is 5.69 Å². The molecule has 1 aromatic heterocycles. The molecule has 24 heavy (non-hydrogen) atoms. The van der Waals surface area contributed by atoms with E-state index in [0.717, 1.165) is 6.26 Å². The Morgan fingerprint density at radius 3 is 2.58 bits per heavy atom. The maximum atomic E-state index is 12.0. The van der Waals surface area contributed by atoms with Crippen LogP contribution in [0.1, 0.15) is 23.0 Å². The van der Waals surface area contributed by atoms with Gasteiger partial charge < -0.3 is 9.30 Å². The van der Waals surface area contributed by atoms with Gasteiger partial charge in [-0.15, -0.1) is 0 Å². The summed E-state index contributed by atoms with van der Waals surface area (Å²) in [4.78, 5) is 12.0. The lowest BCUT2D eigenvalue weighted by Gasteiger charge is -2.14. The summed E-state index contributed by atoms with van der Waals surface area (Å²) in [5.74, 6) is -0.498. The zero-order valence-electron chi connectivity index (χ0n) is 13.0. The zero-order chi connectivity index (χ0) is 17.9. The second-order valence-electron chi connectivity index (χ2n) is 4.81. The summed E-state index contributed by atoms with van der Waals surface area (Å²) >= 11 is 12.4. The van der Waals surface area contributed by atoms with Gasteiger partial charge in [0.2, 0.25) is 0 Å². The van der Waals surface area contributed by atoms with Crippen LogP contribution < -0.4 is 0 Å². The molecule has 9 heteroatoms. The van der Waals surface area contributed by atoms with Gasteiger partial charge in [0, 0.05) is 16.8 Å². The largest absolute Gasteiger partial charge is 0.461 e. The van der Waals surface area contributed by atoms with E-state index in [-0.39, 0.29) is 29.0 Å². The Hall–Kier alpha value is -1.54. The minimum Gasteiger partial charge on any atom is -0.461 e. The summed E-state index contributed by atoms with van der Waals surface area (Å²) in [6, 6.07) is 6.44. The van der Waals surface area contributed by atoms with E-state index in [1.165, 1.54) is 0 Å². The van der Waals surface area contributed by atoms with E-state index in [2.05, 4.69) is 0 Å². The number of carbonyl (C=O) groups is 1. The first-order valence-electron chi connectivity index (χ1n) is 6.90. The maximum absolute atomic E-state index is 12.0. The van der Waals surface area contributed by atoms with Crippen molar-refractivity contribution in [2.75, 3.05) is 12.9 Å². The summed E-state index contributed by atoms with van der Waals surface area (Å²) in [5.41, 5.74) is 1.06. The van der Waals surface area contributed by atoms with Gasteiger partial charge in [-0.1, -0.05) is 23.2 Å². The molecule has 0 fully saturated rings. The summed E-state index contributed by atoms with van der Waals surface area (Å²) in [6.07, 6.45) is 2.58. The van der Waals surface area contributed by atoms with Crippen LogP contribution in [-0.2, 0) is 25.6 Å². The molecule has 1 aromatic carbocycles. The molecule has 0 amide bonds. The predicted molar refractivity (Wildman–Crippen MR) is 91.4 cm³/mol. The van der Waals surface area contributed by atoms with Crippen LogP contribution in [0.3, 0.4) is 0 Å². The van der Waals surface area contributed by atoms with E-state index in [4.69, 9.17) is 32.1 Å². The third-order valence-corrected chi connectivity index (χ3v) is 4.40. The lowest BCUT2D eigenvalue weighted by atomic mass is 10.2. The minimum absolute atomic E-state index is 0.188. The monoisotopic (exact) mass is 391 g/mol. The van der Waals surface area contributed by atoms with Crippen molar-refractivity contribution in [3.63, 3.8) is 0 Å². The van der Waals surface area contributed by atoms with Crippen LogP contribution in [0.5, 0.6) is 0 Å². The minimum atomic E-state index is -3.65. The molecule has 0 aliphatic rings. The molecule has 0 atom stereocenters. The quantitative estimate of drug-likeness (QED) is 0.556. The van der Waals surface area contributed by atoms with Crippen molar-refractivity contribution in [1.29, 1.82) is 0 Å². The summed E-state index contributed by atoms with van der Waals surface area (Å²) in [5, 5.41) is 0.449. The van der Waals surface area contributed by atoms with Crippen LogP contribution in [0.25, 0.3) is 5.69 Å². The van der Waals surface area contributed by atoms with Crippen LogP contribution in [-0.4, -0.2) is 31.8 Å². The first-order chi connectivity index (χ1) is 11.2. The van der Waals surface area contributed by atoms with Crippen molar-refractivity contribution in [2.24, 2.45) is 0 Å². The Bertz CT molecular complexity index is 861. The summed E-state index contributed by atoms with van der Waals surface area (Å²) in [7, 11) is -3.65. The number of benzene rings is 1. The standard InChI is InChI=1S/C15H15Cl2NO5S/c1-3-22-15(19)13-5-4-8-18(13)12-7-6-11(16)10(14(12)17)9-23-24(2,20)21/h4-8H,3,9H2,1-2H3. The normalized spacial score (nSPS) is 11.5. The van der Waals surface area contributed by atoms with Crippen LogP contribution in [0.15, 0.2) is 30.5 Å². The van der Waals surface area contributed by atoms with E-state index in [9.17, 15) is 13.2 Å². The molecule has 0 unspecified atom stereocenters. The van der Waals surface area contributed by atoms with Gasteiger partial charge in [-0.25, -0.2) is 4.79 Å². The number of aromatic nitrogens is 1. The number of nitrogens with zero attached hydrogens (tertiary/aromatic N) is 1. The molecule has 2 rings (SSSR count). The molecule has 0 saturated heterocycles. The van der Waals surface area contributed by atoms with Gasteiger partial charge in [-0.05, 0) is 31.2 Å². The van der Waals surface area contributed by atoms with Gasteiger partial charge in [0.05, 0.1) is 30.2 Å². The molecule has 0 aliphatic heterocycles. The molecule has 2 aromatic rings. The number of hydrogen-bond acceptors (Lipinski definition) is 5. The predicted octanol–water partition coefficient (Wildman–Crippen LogP) is 3.44. The highest BCUT2D eigenvalue weighted by molar-refractivity contribution is 7.85. The highest BCUT2D eigenvalue weighted by Gasteiger charge is 2.18. The molecule has 0 aliphatic carbocycles. The molecule has 1 heterocycles. The van der Waals surface area contributed by atoms with Crippen LogP contribution in [0.2, 0.25) is 10.0 Å². The summed E-state index contributed by atoms with van der Waals surface area (Å²) < 4.78 is 33.7. The van der Waals surface area contributed by atoms with Crippen LogP contribution >= 0.6 is 23.2 Å². The fourth-order valence-corrected chi connectivity index (χ4v) is 2.93. The molecule has 0 spiro atoms. The highest BCUT2D eigenvalue weighted by atomic mass is 35.5. The molecular formula is C15H15Cl2NO5S. The lowest BCUT2D eigenvalue weighted by Crippen LogP contribution is -2.11. The number of halogens is 2. The van der Waals surface area contributed by atoms with Crippen molar-refractivity contribution < 1.29 is 22.1 Å². The van der Waals surface area contributed by atoms with Gasteiger partial charge in [0.1, 0.15) is 5.69 Å².